The van der Waals surface area contributed by atoms with Crippen LogP contribution in [0.3, 0.4) is 0 Å². The molecule has 1 atom stereocenters. The van der Waals surface area contributed by atoms with Crippen molar-refractivity contribution in [2.24, 2.45) is 0 Å². The summed E-state index contributed by atoms with van der Waals surface area (Å²) in [6, 6.07) is -0.447. The zero-order chi connectivity index (χ0) is 40.3. The second-order valence-corrected chi connectivity index (χ2v) is 12.3. The lowest BCUT2D eigenvalue weighted by Crippen LogP contribution is -2.43. The molecule has 2 amide bonds. The molecule has 1 unspecified atom stereocenters. The zero-order valence-electron chi connectivity index (χ0n) is 34.4. The second-order valence-electron chi connectivity index (χ2n) is 12.3. The number of carbonyl (C=O) groups excluding carboxylic acids is 2. The van der Waals surface area contributed by atoms with Crippen LogP contribution in [-0.4, -0.2) is 189 Å². The lowest BCUT2D eigenvalue weighted by molar-refractivity contribution is -0.128. The van der Waals surface area contributed by atoms with E-state index in [-0.39, 0.29) is 57.4 Å². The molecule has 0 spiro atoms. The zero-order valence-corrected chi connectivity index (χ0v) is 34.4. The average Bonchev–Trinajstić information content (AvgIpc) is 3.16. The summed E-state index contributed by atoms with van der Waals surface area (Å²) in [5, 5.41) is 8.91. The third-order valence-corrected chi connectivity index (χ3v) is 6.91. The van der Waals surface area contributed by atoms with Crippen LogP contribution in [0.4, 0.5) is 0 Å². The molecule has 55 heavy (non-hydrogen) atoms. The monoisotopic (exact) mass is 798 g/mol. The minimum atomic E-state index is -0.447. The summed E-state index contributed by atoms with van der Waals surface area (Å²) in [6.45, 7) is 22.9. The minimum absolute atomic E-state index is 0.131. The molecular formula is C38H75N3O14. The molecule has 0 heterocycles. The van der Waals surface area contributed by atoms with Gasteiger partial charge in [0.25, 0.3) is 0 Å². The van der Waals surface area contributed by atoms with Gasteiger partial charge in [0.2, 0.25) is 11.8 Å². The van der Waals surface area contributed by atoms with Crippen molar-refractivity contribution in [2.45, 2.75) is 59.1 Å². The van der Waals surface area contributed by atoms with Gasteiger partial charge >= 0.3 is 0 Å². The third-order valence-electron chi connectivity index (χ3n) is 6.91. The van der Waals surface area contributed by atoms with E-state index < -0.39 is 6.04 Å². The van der Waals surface area contributed by atoms with Crippen LogP contribution in [0.25, 0.3) is 0 Å². The Bertz CT molecular complexity index is 859. The topological polar surface area (TPSA) is 181 Å². The molecule has 0 aromatic heterocycles. The summed E-state index contributed by atoms with van der Waals surface area (Å²) in [5.74, 6) is -0.465. The van der Waals surface area contributed by atoms with Gasteiger partial charge in [-0.15, -0.1) is 0 Å². The standard InChI is InChI=1S/C38H75N3O14/c1-6-12-45-19-22-50-27-28-54-33-38(43)41-36(32-53-14-9-37(42)40-11-16-47-21-23-48-18-17-44-7-2)31-52-13-8-35(5)39-10-15-46-20-24-49-25-26-51-29-30-55-34(3)4/h34,36,39H,5-33H2,1-4H3,(H,40,42)(H,41,43). The smallest absolute Gasteiger partial charge is 0.246 e. The van der Waals surface area contributed by atoms with Gasteiger partial charge in [-0.05, 0) is 27.2 Å². The van der Waals surface area contributed by atoms with Crippen molar-refractivity contribution in [3.63, 3.8) is 0 Å². The molecule has 0 radical (unpaired) electrons. The molecule has 0 aromatic rings. The Morgan fingerprint density at radius 3 is 1.47 bits per heavy atom. The van der Waals surface area contributed by atoms with Gasteiger partial charge in [-0.2, -0.15) is 0 Å². The number of hydrogen-bond acceptors (Lipinski definition) is 15. The Balaban J connectivity index is 4.22. The van der Waals surface area contributed by atoms with Crippen LogP contribution in [0.2, 0.25) is 0 Å². The van der Waals surface area contributed by atoms with Crippen molar-refractivity contribution < 1.29 is 66.4 Å². The van der Waals surface area contributed by atoms with Crippen LogP contribution in [0, 0.1) is 0 Å². The Hall–Kier alpha value is -2.00. The molecule has 0 fully saturated rings. The molecule has 17 nitrogen and oxygen atoms in total. The first-order valence-electron chi connectivity index (χ1n) is 19.8. The molecule has 0 aromatic carbocycles. The lowest BCUT2D eigenvalue weighted by Gasteiger charge is -2.19. The quantitative estimate of drug-likeness (QED) is 0.0755. The van der Waals surface area contributed by atoms with Crippen LogP contribution in [0.5, 0.6) is 0 Å². The number of amides is 2. The van der Waals surface area contributed by atoms with Gasteiger partial charge in [0.05, 0.1) is 144 Å². The van der Waals surface area contributed by atoms with Gasteiger partial charge in [0, 0.05) is 44.8 Å². The molecule has 326 valence electrons. The maximum absolute atomic E-state index is 12.6. The first-order valence-corrected chi connectivity index (χ1v) is 19.8. The molecule has 0 rings (SSSR count). The van der Waals surface area contributed by atoms with Crippen LogP contribution in [0.15, 0.2) is 12.3 Å². The van der Waals surface area contributed by atoms with Gasteiger partial charge in [-0.25, -0.2) is 0 Å². The van der Waals surface area contributed by atoms with Gasteiger partial charge in [-0.3, -0.25) is 9.59 Å². The highest BCUT2D eigenvalue weighted by Crippen LogP contribution is 1.98. The number of nitrogens with one attached hydrogen (secondary N) is 3. The SMILES string of the molecule is C=C(CCOCC(COCCC(=O)NCCOCCOCCOCC)NC(=O)COCCOCCOCCC)NCCOCCOCCOCCOC(C)C. The predicted octanol–water partition coefficient (Wildman–Crippen LogP) is 1.51. The fraction of sp³-hybridized carbons (Fsp3) is 0.895. The fourth-order valence-electron chi connectivity index (χ4n) is 4.17. The van der Waals surface area contributed by atoms with E-state index in [0.29, 0.717) is 138 Å². The maximum Gasteiger partial charge on any atom is 0.246 e. The molecule has 0 aliphatic carbocycles. The van der Waals surface area contributed by atoms with E-state index in [1.807, 2.05) is 27.7 Å². The van der Waals surface area contributed by atoms with Gasteiger partial charge in [0.15, 0.2) is 0 Å². The average molecular weight is 798 g/mol. The van der Waals surface area contributed by atoms with Gasteiger partial charge in [-0.1, -0.05) is 13.5 Å². The number of hydrogen-bond donors (Lipinski definition) is 3. The molecule has 0 saturated carbocycles. The van der Waals surface area contributed by atoms with E-state index in [2.05, 4.69) is 22.5 Å². The largest absolute Gasteiger partial charge is 0.386 e. The Kier molecular flexibility index (Phi) is 41.6. The van der Waals surface area contributed by atoms with Crippen molar-refractivity contribution in [2.75, 3.05) is 165 Å². The summed E-state index contributed by atoms with van der Waals surface area (Å²) in [5.41, 5.74) is 0.810. The van der Waals surface area contributed by atoms with E-state index in [1.165, 1.54) is 0 Å². The molecule has 17 heteroatoms. The van der Waals surface area contributed by atoms with Crippen LogP contribution in [0.1, 0.15) is 47.0 Å². The van der Waals surface area contributed by atoms with Crippen LogP contribution >= 0.6 is 0 Å². The molecule has 0 saturated heterocycles. The van der Waals surface area contributed by atoms with Gasteiger partial charge < -0.3 is 72.8 Å². The van der Waals surface area contributed by atoms with Crippen molar-refractivity contribution >= 4 is 11.8 Å². The predicted molar refractivity (Wildman–Crippen MR) is 207 cm³/mol. The van der Waals surface area contributed by atoms with E-state index in [1.54, 1.807) is 0 Å². The normalized spacial score (nSPS) is 11.9. The fourth-order valence-corrected chi connectivity index (χ4v) is 4.17. The van der Waals surface area contributed by atoms with Crippen LogP contribution < -0.4 is 16.0 Å². The van der Waals surface area contributed by atoms with Crippen LogP contribution in [-0.2, 0) is 66.4 Å². The molecular weight excluding hydrogens is 722 g/mol. The van der Waals surface area contributed by atoms with Crippen molar-refractivity contribution in [3.8, 4) is 0 Å². The molecule has 0 aliphatic heterocycles. The molecule has 3 N–H and O–H groups in total. The molecule has 0 bridgehead atoms. The summed E-state index contributed by atoms with van der Waals surface area (Å²) in [4.78, 5) is 24.8. The first kappa shape index (κ1) is 53.0. The number of carbonyl (C=O) groups is 2. The van der Waals surface area contributed by atoms with Crippen molar-refractivity contribution in [1.82, 2.24) is 16.0 Å². The minimum Gasteiger partial charge on any atom is -0.386 e. The Morgan fingerprint density at radius 2 is 0.945 bits per heavy atom. The first-order chi connectivity index (χ1) is 26.9. The second kappa shape index (κ2) is 43.1. The van der Waals surface area contributed by atoms with E-state index >= 15 is 0 Å². The van der Waals surface area contributed by atoms with Gasteiger partial charge in [0.1, 0.15) is 6.61 Å². The lowest BCUT2D eigenvalue weighted by atomic mass is 10.3. The van der Waals surface area contributed by atoms with Crippen molar-refractivity contribution in [3.05, 3.63) is 12.3 Å². The summed E-state index contributed by atoms with van der Waals surface area (Å²) < 4.78 is 65.8. The van der Waals surface area contributed by atoms with E-state index in [4.69, 9.17) is 56.8 Å². The number of ether oxygens (including phenoxy) is 12. The summed E-state index contributed by atoms with van der Waals surface area (Å²) in [6.07, 6.45) is 1.91. The third kappa shape index (κ3) is 43.0. The Labute approximate surface area is 330 Å². The van der Waals surface area contributed by atoms with E-state index in [9.17, 15) is 9.59 Å². The highest BCUT2D eigenvalue weighted by atomic mass is 16.6. The highest BCUT2D eigenvalue weighted by Gasteiger charge is 2.14. The highest BCUT2D eigenvalue weighted by molar-refractivity contribution is 5.77. The summed E-state index contributed by atoms with van der Waals surface area (Å²) >= 11 is 0. The van der Waals surface area contributed by atoms with E-state index in [0.717, 1.165) is 12.1 Å². The van der Waals surface area contributed by atoms with Crippen molar-refractivity contribution in [1.29, 1.82) is 0 Å². The molecule has 0 aliphatic rings. The summed E-state index contributed by atoms with van der Waals surface area (Å²) in [7, 11) is 0. The Morgan fingerprint density at radius 1 is 0.491 bits per heavy atom. The number of rotatable bonds is 45. The maximum atomic E-state index is 12.6.